The number of nitrogens with one attached hydrogen (secondary N) is 1. The van der Waals surface area contributed by atoms with Crippen LogP contribution in [0.4, 0.5) is 0 Å². The van der Waals surface area contributed by atoms with E-state index >= 15 is 0 Å². The summed E-state index contributed by atoms with van der Waals surface area (Å²) in [6, 6.07) is 18.0. The first kappa shape index (κ1) is 20.2. The molecule has 1 heterocycles. The van der Waals surface area contributed by atoms with E-state index in [-0.39, 0.29) is 5.91 Å². The molecule has 0 unspecified atom stereocenters. The molecule has 5 heteroatoms. The van der Waals surface area contributed by atoms with E-state index in [0.29, 0.717) is 24.6 Å². The maximum Gasteiger partial charge on any atom is 0.226 e. The van der Waals surface area contributed by atoms with E-state index in [2.05, 4.69) is 12.2 Å². The molecule has 1 saturated carbocycles. The molecule has 1 amide bonds. The number of aromatic nitrogens is 2. The Balaban J connectivity index is 1.65. The smallest absolute Gasteiger partial charge is 0.226 e. The van der Waals surface area contributed by atoms with Crippen molar-refractivity contribution in [3.63, 3.8) is 0 Å². The average molecular weight is 404 g/mol. The van der Waals surface area contributed by atoms with Crippen LogP contribution in [-0.2, 0) is 17.6 Å². The van der Waals surface area contributed by atoms with Gasteiger partial charge in [0.15, 0.2) is 0 Å². The zero-order valence-electron chi connectivity index (χ0n) is 17.7. The Bertz CT molecular complexity index is 1010. The molecule has 4 rings (SSSR count). The molecule has 0 saturated heterocycles. The number of ether oxygens (including phenoxy) is 1. The van der Waals surface area contributed by atoms with Gasteiger partial charge in [-0.05, 0) is 62.3 Å². The molecule has 1 fully saturated rings. The molecule has 0 aliphatic heterocycles. The first-order chi connectivity index (χ1) is 14.7. The van der Waals surface area contributed by atoms with Gasteiger partial charge in [-0.25, -0.2) is 4.68 Å². The Morgan fingerprint density at radius 3 is 2.57 bits per heavy atom. The molecule has 0 bridgehead atoms. The summed E-state index contributed by atoms with van der Waals surface area (Å²) in [5.41, 5.74) is 3.98. The quantitative estimate of drug-likeness (QED) is 0.547. The minimum absolute atomic E-state index is 0.0956. The lowest BCUT2D eigenvalue weighted by molar-refractivity contribution is -0.121. The van der Waals surface area contributed by atoms with Gasteiger partial charge in [-0.2, -0.15) is 5.10 Å². The van der Waals surface area contributed by atoms with Gasteiger partial charge in [0.05, 0.1) is 11.4 Å². The van der Waals surface area contributed by atoms with E-state index in [1.54, 1.807) is 0 Å². The topological polar surface area (TPSA) is 56.2 Å². The molecule has 0 radical (unpaired) electrons. The summed E-state index contributed by atoms with van der Waals surface area (Å²) in [7, 11) is 0. The van der Waals surface area contributed by atoms with Crippen LogP contribution in [0.5, 0.6) is 11.6 Å². The Hall–Kier alpha value is -3.08. The number of carbonyl (C=O) groups excluding carboxylic acids is 1. The van der Waals surface area contributed by atoms with Gasteiger partial charge in [-0.1, -0.05) is 43.3 Å². The first-order valence-electron chi connectivity index (χ1n) is 10.8. The van der Waals surface area contributed by atoms with Gasteiger partial charge in [0, 0.05) is 18.5 Å². The van der Waals surface area contributed by atoms with Crippen molar-refractivity contribution in [3.8, 4) is 17.3 Å². The van der Waals surface area contributed by atoms with E-state index in [0.717, 1.165) is 41.2 Å². The SMILES string of the molecule is CCc1nn(-c2ccccc2)c(Oc2ccccc2C)c1CCC(=O)NCC1CC1. The zero-order chi connectivity index (χ0) is 20.9. The Morgan fingerprint density at radius 2 is 1.87 bits per heavy atom. The molecule has 1 aliphatic rings. The Morgan fingerprint density at radius 1 is 1.13 bits per heavy atom. The molecule has 156 valence electrons. The minimum Gasteiger partial charge on any atom is -0.438 e. The van der Waals surface area contributed by atoms with Crippen molar-refractivity contribution in [2.45, 2.75) is 46.0 Å². The lowest BCUT2D eigenvalue weighted by Crippen LogP contribution is -2.25. The highest BCUT2D eigenvalue weighted by molar-refractivity contribution is 5.76. The molecular formula is C25H29N3O2. The number of para-hydroxylation sites is 2. The average Bonchev–Trinajstić information content (AvgIpc) is 3.54. The second-order valence-corrected chi connectivity index (χ2v) is 7.95. The molecule has 0 spiro atoms. The van der Waals surface area contributed by atoms with Gasteiger partial charge in [0.25, 0.3) is 0 Å². The lowest BCUT2D eigenvalue weighted by Gasteiger charge is -2.13. The summed E-state index contributed by atoms with van der Waals surface area (Å²) in [6.07, 6.45) is 4.29. The van der Waals surface area contributed by atoms with Crippen molar-refractivity contribution in [2.24, 2.45) is 5.92 Å². The fourth-order valence-electron chi connectivity index (χ4n) is 3.54. The van der Waals surface area contributed by atoms with Crippen molar-refractivity contribution in [3.05, 3.63) is 71.4 Å². The largest absolute Gasteiger partial charge is 0.438 e. The van der Waals surface area contributed by atoms with Gasteiger partial charge >= 0.3 is 0 Å². The van der Waals surface area contributed by atoms with E-state index in [1.807, 2.05) is 66.2 Å². The van der Waals surface area contributed by atoms with Crippen LogP contribution in [0.2, 0.25) is 0 Å². The second-order valence-electron chi connectivity index (χ2n) is 7.95. The zero-order valence-corrected chi connectivity index (χ0v) is 17.7. The number of aryl methyl sites for hydroxylation is 2. The number of rotatable bonds is 9. The fraction of sp³-hybridized carbons (Fsp3) is 0.360. The van der Waals surface area contributed by atoms with Crippen LogP contribution in [0.1, 0.15) is 43.0 Å². The van der Waals surface area contributed by atoms with Crippen molar-refractivity contribution in [1.82, 2.24) is 15.1 Å². The number of amides is 1. The monoisotopic (exact) mass is 403 g/mol. The molecule has 0 atom stereocenters. The van der Waals surface area contributed by atoms with Crippen molar-refractivity contribution >= 4 is 5.91 Å². The van der Waals surface area contributed by atoms with Crippen LogP contribution in [0.3, 0.4) is 0 Å². The van der Waals surface area contributed by atoms with E-state index in [4.69, 9.17) is 9.84 Å². The van der Waals surface area contributed by atoms with Gasteiger partial charge in [-0.15, -0.1) is 0 Å². The second kappa shape index (κ2) is 9.16. The maximum absolute atomic E-state index is 12.4. The summed E-state index contributed by atoms with van der Waals surface area (Å²) in [6.45, 7) is 4.92. The third-order valence-electron chi connectivity index (χ3n) is 5.54. The van der Waals surface area contributed by atoms with E-state index in [1.165, 1.54) is 12.8 Å². The van der Waals surface area contributed by atoms with Crippen LogP contribution in [0, 0.1) is 12.8 Å². The van der Waals surface area contributed by atoms with Crippen LogP contribution in [0.25, 0.3) is 5.69 Å². The number of nitrogens with zero attached hydrogens (tertiary/aromatic N) is 2. The van der Waals surface area contributed by atoms with Gasteiger partial charge in [0.2, 0.25) is 11.8 Å². The summed E-state index contributed by atoms with van der Waals surface area (Å²) < 4.78 is 8.28. The van der Waals surface area contributed by atoms with E-state index in [9.17, 15) is 4.79 Å². The molecule has 30 heavy (non-hydrogen) atoms. The Kier molecular flexibility index (Phi) is 6.17. The van der Waals surface area contributed by atoms with Gasteiger partial charge in [0.1, 0.15) is 5.75 Å². The molecule has 1 aliphatic carbocycles. The van der Waals surface area contributed by atoms with Crippen LogP contribution in [0.15, 0.2) is 54.6 Å². The van der Waals surface area contributed by atoms with Crippen molar-refractivity contribution in [1.29, 1.82) is 0 Å². The third kappa shape index (κ3) is 4.73. The summed E-state index contributed by atoms with van der Waals surface area (Å²) in [4.78, 5) is 12.4. The Labute approximate surface area is 178 Å². The molecule has 2 aromatic carbocycles. The van der Waals surface area contributed by atoms with Crippen LogP contribution < -0.4 is 10.1 Å². The van der Waals surface area contributed by atoms with Crippen LogP contribution >= 0.6 is 0 Å². The standard InChI is InChI=1S/C25H29N3O2/c1-3-22-21(15-16-24(29)26-17-19-13-14-19)25(30-23-12-8-7-9-18(23)2)28(27-22)20-10-5-4-6-11-20/h4-12,19H,3,13-17H2,1-2H3,(H,26,29). The third-order valence-corrected chi connectivity index (χ3v) is 5.54. The summed E-state index contributed by atoms with van der Waals surface area (Å²) in [5, 5.41) is 7.91. The van der Waals surface area contributed by atoms with Crippen molar-refractivity contribution < 1.29 is 9.53 Å². The highest BCUT2D eigenvalue weighted by Gasteiger charge is 2.23. The van der Waals surface area contributed by atoms with Gasteiger partial charge < -0.3 is 10.1 Å². The van der Waals surface area contributed by atoms with E-state index < -0.39 is 0 Å². The van der Waals surface area contributed by atoms with Gasteiger partial charge in [-0.3, -0.25) is 4.79 Å². The maximum atomic E-state index is 12.4. The molecule has 3 aromatic rings. The number of carbonyl (C=O) groups is 1. The highest BCUT2D eigenvalue weighted by atomic mass is 16.5. The molecular weight excluding hydrogens is 374 g/mol. The summed E-state index contributed by atoms with van der Waals surface area (Å²) in [5.74, 6) is 2.28. The number of hydrogen-bond donors (Lipinski definition) is 1. The highest BCUT2D eigenvalue weighted by Crippen LogP contribution is 2.33. The first-order valence-corrected chi connectivity index (χ1v) is 10.8. The molecule has 5 nitrogen and oxygen atoms in total. The summed E-state index contributed by atoms with van der Waals surface area (Å²) >= 11 is 0. The normalized spacial score (nSPS) is 13.3. The minimum atomic E-state index is 0.0956. The fourth-order valence-corrected chi connectivity index (χ4v) is 3.54. The number of benzene rings is 2. The van der Waals surface area contributed by atoms with Crippen LogP contribution in [-0.4, -0.2) is 22.2 Å². The lowest BCUT2D eigenvalue weighted by atomic mass is 10.1. The molecule has 1 N–H and O–H groups in total. The van der Waals surface area contributed by atoms with Crippen molar-refractivity contribution in [2.75, 3.05) is 6.54 Å². The predicted molar refractivity (Wildman–Crippen MR) is 118 cm³/mol. The molecule has 1 aromatic heterocycles. The number of hydrogen-bond acceptors (Lipinski definition) is 3. The predicted octanol–water partition coefficient (Wildman–Crippen LogP) is 4.99.